The molecule has 2 aliphatic heterocycles. The Morgan fingerprint density at radius 1 is 1.24 bits per heavy atom. The predicted octanol–water partition coefficient (Wildman–Crippen LogP) is 1.34. The molecule has 2 aromatic rings. The summed E-state index contributed by atoms with van der Waals surface area (Å²) >= 11 is 0. The second-order valence-corrected chi connectivity index (χ2v) is 9.10. The maximum atomic E-state index is 14.4. The van der Waals surface area contributed by atoms with Gasteiger partial charge in [0.1, 0.15) is 23.4 Å². The normalized spacial score (nSPS) is 26.4. The quantitative estimate of drug-likeness (QED) is 0.642. The molecule has 2 fully saturated rings. The van der Waals surface area contributed by atoms with E-state index in [1.807, 2.05) is 0 Å². The first-order valence-corrected chi connectivity index (χ1v) is 11.0. The first-order chi connectivity index (χ1) is 15.8. The molecule has 8 nitrogen and oxygen atoms in total. The van der Waals surface area contributed by atoms with Crippen LogP contribution in [0.1, 0.15) is 45.7 Å². The average Bonchev–Trinajstić information content (AvgIpc) is 2.77. The number of nitrogens with one attached hydrogen (secondary N) is 1. The van der Waals surface area contributed by atoms with Crippen molar-refractivity contribution < 1.29 is 23.5 Å². The molecule has 4 unspecified atom stereocenters. The zero-order chi connectivity index (χ0) is 23.4. The van der Waals surface area contributed by atoms with Crippen molar-refractivity contribution in [3.63, 3.8) is 0 Å². The molecule has 174 valence electrons. The van der Waals surface area contributed by atoms with Gasteiger partial charge in [-0.3, -0.25) is 19.7 Å². The monoisotopic (exact) mass is 458 g/mol. The molecule has 0 spiro atoms. The van der Waals surface area contributed by atoms with Gasteiger partial charge in [0.25, 0.3) is 11.8 Å². The van der Waals surface area contributed by atoms with Crippen molar-refractivity contribution in [2.45, 2.75) is 44.4 Å². The van der Waals surface area contributed by atoms with E-state index in [1.54, 1.807) is 4.90 Å². The molecule has 0 radical (unpaired) electrons. The lowest BCUT2D eigenvalue weighted by Crippen LogP contribution is -2.68. The SMILES string of the molecule is NC(=O)c1cn2c(c(O)c1=O)C(=O)N1C(C2)NCC2CCCC(Cc3ccc(F)cc3F)C21. The summed E-state index contributed by atoms with van der Waals surface area (Å²) in [5.41, 5.74) is 4.11. The summed E-state index contributed by atoms with van der Waals surface area (Å²) in [5.74, 6) is -3.50. The van der Waals surface area contributed by atoms with Crippen molar-refractivity contribution in [3.8, 4) is 5.75 Å². The van der Waals surface area contributed by atoms with E-state index in [4.69, 9.17) is 5.73 Å². The Bertz CT molecular complexity index is 1210. The van der Waals surface area contributed by atoms with Crippen molar-refractivity contribution >= 4 is 11.8 Å². The Morgan fingerprint density at radius 3 is 2.76 bits per heavy atom. The fourth-order valence-corrected chi connectivity index (χ4v) is 5.76. The second-order valence-electron chi connectivity index (χ2n) is 9.10. The number of halogens is 2. The number of rotatable bonds is 3. The van der Waals surface area contributed by atoms with E-state index in [2.05, 4.69) is 5.32 Å². The summed E-state index contributed by atoms with van der Waals surface area (Å²) in [6.45, 7) is 0.877. The van der Waals surface area contributed by atoms with Gasteiger partial charge in [-0.15, -0.1) is 0 Å². The van der Waals surface area contributed by atoms with Crippen LogP contribution in [-0.4, -0.2) is 45.1 Å². The molecule has 33 heavy (non-hydrogen) atoms. The topological polar surface area (TPSA) is 118 Å². The molecule has 1 saturated heterocycles. The maximum absolute atomic E-state index is 14.4. The summed E-state index contributed by atoms with van der Waals surface area (Å²) in [6, 6.07) is 3.30. The molecule has 4 atom stereocenters. The number of hydrogen-bond acceptors (Lipinski definition) is 5. The number of carbonyl (C=O) groups excluding carboxylic acids is 2. The van der Waals surface area contributed by atoms with Crippen LogP contribution in [0.25, 0.3) is 0 Å². The maximum Gasteiger partial charge on any atom is 0.276 e. The number of carbonyl (C=O) groups is 2. The first-order valence-electron chi connectivity index (χ1n) is 11.0. The van der Waals surface area contributed by atoms with Crippen molar-refractivity contribution in [3.05, 3.63) is 63.1 Å². The van der Waals surface area contributed by atoms with Crippen molar-refractivity contribution in [2.75, 3.05) is 6.54 Å². The molecule has 4 N–H and O–H groups in total. The molecule has 1 aliphatic carbocycles. The van der Waals surface area contributed by atoms with Crippen LogP contribution in [0.2, 0.25) is 0 Å². The molecule has 3 heterocycles. The first kappa shape index (κ1) is 21.6. The van der Waals surface area contributed by atoms with E-state index in [0.717, 1.165) is 25.3 Å². The molecule has 10 heteroatoms. The molecule has 1 saturated carbocycles. The number of nitrogens with zero attached hydrogens (tertiary/aromatic N) is 2. The number of hydrogen-bond donors (Lipinski definition) is 3. The Labute approximate surface area is 188 Å². The highest BCUT2D eigenvalue weighted by Gasteiger charge is 2.49. The number of primary amides is 1. The fourth-order valence-electron chi connectivity index (χ4n) is 5.76. The molecule has 3 aliphatic rings. The van der Waals surface area contributed by atoms with Gasteiger partial charge in [-0.05, 0) is 42.7 Å². The van der Waals surface area contributed by atoms with E-state index >= 15 is 0 Å². The smallest absolute Gasteiger partial charge is 0.276 e. The zero-order valence-corrected chi connectivity index (χ0v) is 17.8. The minimum atomic E-state index is -0.981. The lowest BCUT2D eigenvalue weighted by Gasteiger charge is -2.54. The number of fused-ring (bicyclic) bond motifs is 4. The number of benzene rings is 1. The lowest BCUT2D eigenvalue weighted by atomic mass is 9.72. The number of aromatic hydroxyl groups is 1. The molecular formula is C23H24F2N4O4. The van der Waals surface area contributed by atoms with Crippen LogP contribution in [-0.2, 0) is 13.0 Å². The molecular weight excluding hydrogens is 434 g/mol. The lowest BCUT2D eigenvalue weighted by molar-refractivity contribution is -0.0253. The second kappa shape index (κ2) is 7.95. The third kappa shape index (κ3) is 3.49. The standard InChI is InChI=1S/C23H24F2N4O4/c24-14-5-4-11(16(25)7-14)6-12-2-1-3-13-8-27-17-10-28-9-15(22(26)32)20(30)21(31)19(28)23(33)29(17)18(12)13/h4-5,7,9,12-13,17-18,27,31H,1-3,6,8,10H2,(H2,26,32). The van der Waals surface area contributed by atoms with Crippen LogP contribution >= 0.6 is 0 Å². The van der Waals surface area contributed by atoms with Crippen LogP contribution in [0.3, 0.4) is 0 Å². The number of nitrogens with two attached hydrogens (primary N) is 1. The van der Waals surface area contributed by atoms with Gasteiger partial charge in [-0.25, -0.2) is 8.78 Å². The van der Waals surface area contributed by atoms with Gasteiger partial charge in [0.2, 0.25) is 5.43 Å². The van der Waals surface area contributed by atoms with Crippen LogP contribution < -0.4 is 16.5 Å². The Balaban J connectivity index is 1.53. The van der Waals surface area contributed by atoms with Gasteiger partial charge in [-0.1, -0.05) is 12.5 Å². The summed E-state index contributed by atoms with van der Waals surface area (Å²) in [5, 5.41) is 13.9. The minimum Gasteiger partial charge on any atom is -0.503 e. The van der Waals surface area contributed by atoms with Gasteiger partial charge in [0.05, 0.1) is 6.54 Å². The van der Waals surface area contributed by atoms with Crippen molar-refractivity contribution in [1.29, 1.82) is 0 Å². The molecule has 0 bridgehead atoms. The molecule has 1 aromatic heterocycles. The van der Waals surface area contributed by atoms with Crippen molar-refractivity contribution in [2.24, 2.45) is 17.6 Å². The zero-order valence-electron chi connectivity index (χ0n) is 17.8. The minimum absolute atomic E-state index is 0.0671. The van der Waals surface area contributed by atoms with Gasteiger partial charge >= 0.3 is 0 Å². The summed E-state index contributed by atoms with van der Waals surface area (Å²) in [7, 11) is 0. The van der Waals surface area contributed by atoms with E-state index in [-0.39, 0.29) is 35.7 Å². The molecule has 1 aromatic carbocycles. The van der Waals surface area contributed by atoms with Crippen LogP contribution in [0.4, 0.5) is 8.78 Å². The molecule has 5 rings (SSSR count). The van der Waals surface area contributed by atoms with E-state index in [9.17, 15) is 28.3 Å². The average molecular weight is 458 g/mol. The third-order valence-electron chi connectivity index (χ3n) is 7.21. The number of aromatic nitrogens is 1. The molecule has 2 amide bonds. The predicted molar refractivity (Wildman–Crippen MR) is 114 cm³/mol. The van der Waals surface area contributed by atoms with Gasteiger partial charge in [0, 0.05) is 24.8 Å². The summed E-state index contributed by atoms with van der Waals surface area (Å²) in [4.78, 5) is 39.3. The van der Waals surface area contributed by atoms with E-state index < -0.39 is 40.8 Å². The van der Waals surface area contributed by atoms with Crippen LogP contribution in [0.5, 0.6) is 5.75 Å². The van der Waals surface area contributed by atoms with E-state index in [1.165, 1.54) is 22.9 Å². The van der Waals surface area contributed by atoms with Gasteiger partial charge in [-0.2, -0.15) is 0 Å². The van der Waals surface area contributed by atoms with Crippen LogP contribution in [0, 0.1) is 23.5 Å². The Morgan fingerprint density at radius 2 is 2.03 bits per heavy atom. The number of amides is 2. The van der Waals surface area contributed by atoms with Gasteiger partial charge in [0.15, 0.2) is 11.4 Å². The number of pyridine rings is 1. The van der Waals surface area contributed by atoms with Crippen molar-refractivity contribution in [1.82, 2.24) is 14.8 Å². The Kier molecular flexibility index (Phi) is 5.19. The highest BCUT2D eigenvalue weighted by molar-refractivity contribution is 5.99. The highest BCUT2D eigenvalue weighted by Crippen LogP contribution is 2.40. The van der Waals surface area contributed by atoms with E-state index in [0.29, 0.717) is 18.5 Å². The largest absolute Gasteiger partial charge is 0.503 e. The summed E-state index contributed by atoms with van der Waals surface area (Å²) < 4.78 is 29.2. The highest BCUT2D eigenvalue weighted by atomic mass is 19.1. The van der Waals surface area contributed by atoms with Crippen LogP contribution in [0.15, 0.2) is 29.2 Å². The van der Waals surface area contributed by atoms with Gasteiger partial charge < -0.3 is 20.3 Å². The summed E-state index contributed by atoms with van der Waals surface area (Å²) in [6.07, 6.45) is 3.72. The third-order valence-corrected chi connectivity index (χ3v) is 7.21. The fraction of sp³-hybridized carbons (Fsp3) is 0.435. The Hall–Kier alpha value is -3.27.